The summed E-state index contributed by atoms with van der Waals surface area (Å²) in [6.07, 6.45) is 5.76. The molecule has 2 atom stereocenters. The number of rotatable bonds is 6. The van der Waals surface area contributed by atoms with Crippen LogP contribution in [0.15, 0.2) is 17.2 Å². The third-order valence-electron chi connectivity index (χ3n) is 3.99. The second kappa shape index (κ2) is 6.94. The van der Waals surface area contributed by atoms with Crippen LogP contribution in [0.5, 0.6) is 0 Å². The molecule has 0 amide bonds. The van der Waals surface area contributed by atoms with Gasteiger partial charge in [-0.15, -0.1) is 0 Å². The molecule has 1 heterocycles. The Bertz CT molecular complexity index is 551. The van der Waals surface area contributed by atoms with E-state index in [-0.39, 0.29) is 6.04 Å². The minimum absolute atomic E-state index is 0.0749. The Morgan fingerprint density at radius 3 is 2.81 bits per heavy atom. The van der Waals surface area contributed by atoms with Crippen molar-refractivity contribution in [1.29, 1.82) is 0 Å². The van der Waals surface area contributed by atoms with E-state index >= 15 is 0 Å². The van der Waals surface area contributed by atoms with Crippen molar-refractivity contribution in [2.24, 2.45) is 5.92 Å². The molecule has 2 unspecified atom stereocenters. The molecule has 21 heavy (non-hydrogen) atoms. The van der Waals surface area contributed by atoms with Crippen molar-refractivity contribution in [3.8, 4) is 0 Å². The molecular weight excluding hydrogens is 286 g/mol. The Kier molecular flexibility index (Phi) is 5.46. The van der Waals surface area contributed by atoms with Crippen LogP contribution in [0.25, 0.3) is 0 Å². The summed E-state index contributed by atoms with van der Waals surface area (Å²) in [5.74, 6) is 0.600. The van der Waals surface area contributed by atoms with Crippen LogP contribution in [0.2, 0.25) is 0 Å². The van der Waals surface area contributed by atoms with Crippen LogP contribution in [-0.4, -0.2) is 25.5 Å². The van der Waals surface area contributed by atoms with Crippen molar-refractivity contribution in [2.75, 3.05) is 0 Å². The number of sulfonamides is 1. The highest BCUT2D eigenvalue weighted by atomic mass is 32.2. The van der Waals surface area contributed by atoms with Crippen LogP contribution in [0, 0.1) is 5.92 Å². The second-order valence-corrected chi connectivity index (χ2v) is 8.20. The van der Waals surface area contributed by atoms with E-state index in [2.05, 4.69) is 35.8 Å². The van der Waals surface area contributed by atoms with Gasteiger partial charge in [-0.2, -0.15) is 0 Å². The molecular formula is C15H27N3O2S. The molecule has 120 valence electrons. The topological polar surface area (TPSA) is 74.0 Å². The molecule has 0 aliphatic heterocycles. The van der Waals surface area contributed by atoms with Gasteiger partial charge in [0.1, 0.15) is 0 Å². The zero-order valence-corrected chi connectivity index (χ0v) is 14.0. The zero-order chi connectivity index (χ0) is 15.5. The van der Waals surface area contributed by atoms with E-state index in [4.69, 9.17) is 0 Å². The van der Waals surface area contributed by atoms with E-state index < -0.39 is 10.0 Å². The lowest BCUT2D eigenvalue weighted by atomic mass is 9.88. The standard InChI is InChI=1S/C15H27N3O2S/c1-11(2)16-9-14-8-15(10-17-14)21(19,20)18-13-6-4-5-12(3)7-13/h8,10-13,16-18H,4-7,9H2,1-3H3. The fraction of sp³-hybridized carbons (Fsp3) is 0.733. The van der Waals surface area contributed by atoms with Gasteiger partial charge in [-0.1, -0.05) is 33.6 Å². The van der Waals surface area contributed by atoms with Crippen molar-refractivity contribution in [1.82, 2.24) is 15.0 Å². The van der Waals surface area contributed by atoms with Crippen LogP contribution in [0.1, 0.15) is 52.1 Å². The number of hydrogen-bond acceptors (Lipinski definition) is 3. The fourth-order valence-electron chi connectivity index (χ4n) is 2.82. The maximum Gasteiger partial charge on any atom is 0.242 e. The van der Waals surface area contributed by atoms with Gasteiger partial charge in [0.05, 0.1) is 4.90 Å². The molecule has 1 fully saturated rings. The average molecular weight is 313 g/mol. The molecule has 1 aromatic heterocycles. The van der Waals surface area contributed by atoms with Crippen molar-refractivity contribution < 1.29 is 8.42 Å². The van der Waals surface area contributed by atoms with Crippen LogP contribution < -0.4 is 10.0 Å². The van der Waals surface area contributed by atoms with E-state index in [1.54, 1.807) is 12.3 Å². The van der Waals surface area contributed by atoms with Gasteiger partial charge in [-0.05, 0) is 24.8 Å². The third kappa shape index (κ3) is 4.83. The summed E-state index contributed by atoms with van der Waals surface area (Å²) in [5.41, 5.74) is 0.890. The molecule has 1 aromatic rings. The smallest absolute Gasteiger partial charge is 0.242 e. The Balaban J connectivity index is 1.98. The molecule has 0 bridgehead atoms. The van der Waals surface area contributed by atoms with Crippen LogP contribution >= 0.6 is 0 Å². The molecule has 6 heteroatoms. The maximum absolute atomic E-state index is 12.4. The quantitative estimate of drug-likeness (QED) is 0.755. The first-order valence-electron chi connectivity index (χ1n) is 7.80. The minimum Gasteiger partial charge on any atom is -0.363 e. The lowest BCUT2D eigenvalue weighted by Crippen LogP contribution is -2.37. The molecule has 1 aliphatic carbocycles. The van der Waals surface area contributed by atoms with E-state index in [1.165, 1.54) is 6.42 Å². The molecule has 1 saturated carbocycles. The summed E-state index contributed by atoms with van der Waals surface area (Å²) in [5, 5.41) is 3.27. The van der Waals surface area contributed by atoms with Crippen molar-refractivity contribution in [2.45, 2.75) is 70.0 Å². The Hall–Kier alpha value is -0.850. The Labute approximate surface area is 128 Å². The molecule has 0 aromatic carbocycles. The van der Waals surface area contributed by atoms with Crippen molar-refractivity contribution in [3.05, 3.63) is 18.0 Å². The summed E-state index contributed by atoms with van der Waals surface area (Å²) in [6, 6.07) is 2.16. The van der Waals surface area contributed by atoms with Gasteiger partial charge < -0.3 is 10.3 Å². The Morgan fingerprint density at radius 1 is 1.38 bits per heavy atom. The zero-order valence-electron chi connectivity index (χ0n) is 13.1. The predicted octanol–water partition coefficient (Wildman–Crippen LogP) is 2.37. The highest BCUT2D eigenvalue weighted by molar-refractivity contribution is 7.89. The fourth-order valence-corrected chi connectivity index (χ4v) is 4.12. The summed E-state index contributed by atoms with van der Waals surface area (Å²) >= 11 is 0. The third-order valence-corrected chi connectivity index (χ3v) is 5.49. The van der Waals surface area contributed by atoms with Gasteiger partial charge in [0, 0.05) is 30.5 Å². The van der Waals surface area contributed by atoms with Gasteiger partial charge in [-0.25, -0.2) is 13.1 Å². The van der Waals surface area contributed by atoms with Gasteiger partial charge in [0.25, 0.3) is 0 Å². The van der Waals surface area contributed by atoms with Crippen molar-refractivity contribution in [3.63, 3.8) is 0 Å². The summed E-state index contributed by atoms with van der Waals surface area (Å²) in [6.45, 7) is 6.96. The number of H-pyrrole nitrogens is 1. The van der Waals surface area contributed by atoms with Crippen LogP contribution in [0.3, 0.4) is 0 Å². The summed E-state index contributed by atoms with van der Waals surface area (Å²) in [7, 11) is -3.41. The minimum atomic E-state index is -3.41. The van der Waals surface area contributed by atoms with Crippen LogP contribution in [-0.2, 0) is 16.6 Å². The number of nitrogens with one attached hydrogen (secondary N) is 3. The first kappa shape index (κ1) is 16.5. The molecule has 0 spiro atoms. The molecule has 5 nitrogen and oxygen atoms in total. The lowest BCUT2D eigenvalue weighted by molar-refractivity contribution is 0.327. The van der Waals surface area contributed by atoms with E-state index in [0.717, 1.165) is 25.0 Å². The lowest BCUT2D eigenvalue weighted by Gasteiger charge is -2.27. The van der Waals surface area contributed by atoms with E-state index in [0.29, 0.717) is 23.4 Å². The second-order valence-electron chi connectivity index (χ2n) is 6.49. The largest absolute Gasteiger partial charge is 0.363 e. The van der Waals surface area contributed by atoms with Gasteiger partial charge in [0.2, 0.25) is 10.0 Å². The monoisotopic (exact) mass is 313 g/mol. The molecule has 1 aliphatic rings. The number of hydrogen-bond donors (Lipinski definition) is 3. The summed E-state index contributed by atoms with van der Waals surface area (Å²) < 4.78 is 27.7. The van der Waals surface area contributed by atoms with Gasteiger partial charge in [-0.3, -0.25) is 0 Å². The summed E-state index contributed by atoms with van der Waals surface area (Å²) in [4.78, 5) is 3.37. The van der Waals surface area contributed by atoms with Gasteiger partial charge in [0.15, 0.2) is 0 Å². The molecule has 0 saturated heterocycles. The first-order chi connectivity index (χ1) is 9.87. The number of aromatic nitrogens is 1. The van der Waals surface area contributed by atoms with E-state index in [9.17, 15) is 8.42 Å². The van der Waals surface area contributed by atoms with Crippen molar-refractivity contribution >= 4 is 10.0 Å². The predicted molar refractivity (Wildman–Crippen MR) is 84.5 cm³/mol. The normalized spacial score (nSPS) is 23.6. The highest BCUT2D eigenvalue weighted by Gasteiger charge is 2.25. The van der Waals surface area contributed by atoms with Gasteiger partial charge >= 0.3 is 0 Å². The van der Waals surface area contributed by atoms with Crippen LogP contribution in [0.4, 0.5) is 0 Å². The molecule has 0 radical (unpaired) electrons. The maximum atomic E-state index is 12.4. The highest BCUT2D eigenvalue weighted by Crippen LogP contribution is 2.25. The molecule has 2 rings (SSSR count). The SMILES string of the molecule is CC1CCCC(NS(=O)(=O)c2c[nH]c(CNC(C)C)c2)C1. The van der Waals surface area contributed by atoms with E-state index in [1.807, 2.05) is 0 Å². The number of aromatic amines is 1. The molecule has 3 N–H and O–H groups in total. The Morgan fingerprint density at radius 2 is 2.14 bits per heavy atom. The first-order valence-corrected chi connectivity index (χ1v) is 9.28. The average Bonchev–Trinajstić information content (AvgIpc) is 2.85.